The number of rotatable bonds is 5. The molecule has 0 aliphatic rings. The van der Waals surface area contributed by atoms with E-state index in [4.69, 9.17) is 5.73 Å². The molecule has 0 aromatic carbocycles. The van der Waals surface area contributed by atoms with Crippen molar-refractivity contribution in [2.24, 2.45) is 11.1 Å². The number of aromatic nitrogens is 1. The molecule has 4 heteroatoms. The van der Waals surface area contributed by atoms with Crippen LogP contribution in [0.4, 0.5) is 0 Å². The third-order valence-electron chi connectivity index (χ3n) is 2.52. The molecule has 1 atom stereocenters. The maximum Gasteiger partial charge on any atom is 0.0794 e. The second-order valence-electron chi connectivity index (χ2n) is 4.91. The summed E-state index contributed by atoms with van der Waals surface area (Å²) >= 11 is 1.64. The summed E-state index contributed by atoms with van der Waals surface area (Å²) in [4.78, 5) is 4.23. The van der Waals surface area contributed by atoms with Crippen LogP contribution in [0.2, 0.25) is 0 Å². The predicted molar refractivity (Wildman–Crippen MR) is 66.1 cm³/mol. The zero-order chi connectivity index (χ0) is 11.3. The van der Waals surface area contributed by atoms with Gasteiger partial charge in [0.25, 0.3) is 0 Å². The lowest BCUT2D eigenvalue weighted by Gasteiger charge is -2.27. The van der Waals surface area contributed by atoms with E-state index in [2.05, 4.69) is 36.5 Å². The maximum atomic E-state index is 6.03. The first-order valence-electron chi connectivity index (χ1n) is 5.33. The molecule has 3 N–H and O–H groups in total. The Balaban J connectivity index is 2.12. The largest absolute Gasteiger partial charge is 0.326 e. The quantitative estimate of drug-likeness (QED) is 0.752. The Morgan fingerprint density at radius 3 is 2.80 bits per heavy atom. The number of hydrogen-bond acceptors (Lipinski definition) is 4. The average molecular weight is 227 g/mol. The van der Waals surface area contributed by atoms with Crippen LogP contribution in [0.25, 0.3) is 0 Å². The predicted octanol–water partition coefficient (Wildman–Crippen LogP) is 1.65. The summed E-state index contributed by atoms with van der Waals surface area (Å²) in [6, 6.07) is 0.202. The Morgan fingerprint density at radius 1 is 1.53 bits per heavy atom. The molecule has 86 valence electrons. The van der Waals surface area contributed by atoms with E-state index in [0.29, 0.717) is 0 Å². The smallest absolute Gasteiger partial charge is 0.0794 e. The molecule has 0 aliphatic heterocycles. The van der Waals surface area contributed by atoms with Crippen LogP contribution in [0.5, 0.6) is 0 Å². The van der Waals surface area contributed by atoms with E-state index in [1.54, 1.807) is 11.3 Å². The minimum absolute atomic E-state index is 0.174. The molecule has 1 rings (SSSR count). The van der Waals surface area contributed by atoms with E-state index in [1.165, 1.54) is 0 Å². The van der Waals surface area contributed by atoms with E-state index >= 15 is 0 Å². The first-order chi connectivity index (χ1) is 7.00. The third kappa shape index (κ3) is 4.73. The third-order valence-corrected chi connectivity index (χ3v) is 3.15. The molecule has 1 aromatic rings. The Kier molecular flexibility index (Phi) is 4.70. The average Bonchev–Trinajstić information content (AvgIpc) is 2.63. The second-order valence-corrected chi connectivity index (χ2v) is 5.63. The van der Waals surface area contributed by atoms with Crippen molar-refractivity contribution < 1.29 is 0 Å². The Hall–Kier alpha value is -0.450. The Bertz CT molecular complexity index is 264. The van der Waals surface area contributed by atoms with Crippen molar-refractivity contribution >= 4 is 11.3 Å². The van der Waals surface area contributed by atoms with Crippen LogP contribution in [0.1, 0.15) is 26.5 Å². The molecule has 0 saturated carbocycles. The topological polar surface area (TPSA) is 50.9 Å². The lowest BCUT2D eigenvalue weighted by molar-refractivity contribution is 0.310. The number of nitrogens with one attached hydrogen (secondary N) is 1. The van der Waals surface area contributed by atoms with Crippen LogP contribution in [0.15, 0.2) is 10.9 Å². The fraction of sp³-hybridized carbons (Fsp3) is 0.727. The molecule has 1 unspecified atom stereocenters. The van der Waals surface area contributed by atoms with Crippen molar-refractivity contribution in [3.8, 4) is 0 Å². The van der Waals surface area contributed by atoms with Gasteiger partial charge in [0.2, 0.25) is 0 Å². The molecule has 3 nitrogen and oxygen atoms in total. The first kappa shape index (κ1) is 12.6. The number of nitrogens with zero attached hydrogens (tertiary/aromatic N) is 1. The molecule has 1 aromatic heterocycles. The lowest BCUT2D eigenvalue weighted by Crippen LogP contribution is -2.43. The first-order valence-corrected chi connectivity index (χ1v) is 6.28. The lowest BCUT2D eigenvalue weighted by atomic mass is 9.87. The normalized spacial score (nSPS) is 14.1. The molecular formula is C11H21N3S. The molecule has 0 bridgehead atoms. The van der Waals surface area contributed by atoms with E-state index < -0.39 is 0 Å². The van der Waals surface area contributed by atoms with Gasteiger partial charge in [0.15, 0.2) is 0 Å². The number of hydrogen-bond donors (Lipinski definition) is 2. The fourth-order valence-corrected chi connectivity index (χ4v) is 1.73. The highest BCUT2D eigenvalue weighted by molar-refractivity contribution is 7.07. The minimum Gasteiger partial charge on any atom is -0.326 e. The summed E-state index contributed by atoms with van der Waals surface area (Å²) in [7, 11) is 0. The van der Waals surface area contributed by atoms with Gasteiger partial charge in [-0.3, -0.25) is 0 Å². The summed E-state index contributed by atoms with van der Waals surface area (Å²) < 4.78 is 0. The zero-order valence-electron chi connectivity index (χ0n) is 9.79. The van der Waals surface area contributed by atoms with Crippen LogP contribution in [0, 0.1) is 5.41 Å². The van der Waals surface area contributed by atoms with Gasteiger partial charge in [0, 0.05) is 30.9 Å². The standard InChI is InChI=1S/C11H21N3S/c1-11(2,3)10(12)6-13-5-4-9-7-15-8-14-9/h7-8,10,13H,4-6,12H2,1-3H3. The van der Waals surface area contributed by atoms with Gasteiger partial charge in [-0.2, -0.15) is 0 Å². The highest BCUT2D eigenvalue weighted by Gasteiger charge is 2.19. The molecule has 1 heterocycles. The highest BCUT2D eigenvalue weighted by Crippen LogP contribution is 2.16. The fourth-order valence-electron chi connectivity index (χ4n) is 1.14. The molecule has 15 heavy (non-hydrogen) atoms. The molecule has 0 fully saturated rings. The van der Waals surface area contributed by atoms with Gasteiger partial charge < -0.3 is 11.1 Å². The second kappa shape index (κ2) is 5.58. The molecule has 0 spiro atoms. The van der Waals surface area contributed by atoms with Crippen LogP contribution in [-0.2, 0) is 6.42 Å². The van der Waals surface area contributed by atoms with Gasteiger partial charge in [-0.05, 0) is 5.41 Å². The van der Waals surface area contributed by atoms with Crippen molar-refractivity contribution in [3.05, 3.63) is 16.6 Å². The molecule has 0 amide bonds. The molecule has 0 radical (unpaired) electrons. The Morgan fingerprint density at radius 2 is 2.27 bits per heavy atom. The van der Waals surface area contributed by atoms with E-state index in [-0.39, 0.29) is 11.5 Å². The van der Waals surface area contributed by atoms with Gasteiger partial charge in [-0.1, -0.05) is 20.8 Å². The Labute approximate surface area is 96.1 Å². The van der Waals surface area contributed by atoms with E-state index in [1.807, 2.05) is 5.51 Å². The van der Waals surface area contributed by atoms with E-state index in [0.717, 1.165) is 25.2 Å². The van der Waals surface area contributed by atoms with Crippen molar-refractivity contribution in [3.63, 3.8) is 0 Å². The number of nitrogens with two attached hydrogens (primary N) is 1. The van der Waals surface area contributed by atoms with Gasteiger partial charge in [0.05, 0.1) is 11.2 Å². The van der Waals surface area contributed by atoms with Crippen LogP contribution in [0.3, 0.4) is 0 Å². The summed E-state index contributed by atoms with van der Waals surface area (Å²) in [5.41, 5.74) is 9.24. The van der Waals surface area contributed by atoms with Gasteiger partial charge >= 0.3 is 0 Å². The van der Waals surface area contributed by atoms with Gasteiger partial charge in [0.1, 0.15) is 0 Å². The maximum absolute atomic E-state index is 6.03. The molecular weight excluding hydrogens is 206 g/mol. The monoisotopic (exact) mass is 227 g/mol. The summed E-state index contributed by atoms with van der Waals surface area (Å²) in [5.74, 6) is 0. The molecule has 0 aliphatic carbocycles. The van der Waals surface area contributed by atoms with Crippen molar-refractivity contribution in [2.75, 3.05) is 13.1 Å². The van der Waals surface area contributed by atoms with Crippen LogP contribution >= 0.6 is 11.3 Å². The minimum atomic E-state index is 0.174. The number of thiazole rings is 1. The van der Waals surface area contributed by atoms with Crippen LogP contribution in [-0.4, -0.2) is 24.1 Å². The van der Waals surface area contributed by atoms with Crippen molar-refractivity contribution in [1.29, 1.82) is 0 Å². The highest BCUT2D eigenvalue weighted by atomic mass is 32.1. The van der Waals surface area contributed by atoms with Crippen LogP contribution < -0.4 is 11.1 Å². The summed E-state index contributed by atoms with van der Waals surface area (Å²) in [5, 5.41) is 5.46. The summed E-state index contributed by atoms with van der Waals surface area (Å²) in [6.07, 6.45) is 0.986. The zero-order valence-corrected chi connectivity index (χ0v) is 10.6. The summed E-state index contributed by atoms with van der Waals surface area (Å²) in [6.45, 7) is 8.32. The van der Waals surface area contributed by atoms with E-state index in [9.17, 15) is 0 Å². The van der Waals surface area contributed by atoms with Gasteiger partial charge in [-0.15, -0.1) is 11.3 Å². The van der Waals surface area contributed by atoms with Crippen molar-refractivity contribution in [2.45, 2.75) is 33.2 Å². The SMILES string of the molecule is CC(C)(C)C(N)CNCCc1cscn1. The molecule has 0 saturated heterocycles. The van der Waals surface area contributed by atoms with Gasteiger partial charge in [-0.25, -0.2) is 4.98 Å². The van der Waals surface area contributed by atoms with Crippen molar-refractivity contribution in [1.82, 2.24) is 10.3 Å².